The molecule has 0 unspecified atom stereocenters. The Kier molecular flexibility index (Phi) is 7.58. The van der Waals surface area contributed by atoms with Crippen LogP contribution in [0.1, 0.15) is 35.5 Å². The predicted octanol–water partition coefficient (Wildman–Crippen LogP) is 1.84. The molecule has 8 nitrogen and oxygen atoms in total. The summed E-state index contributed by atoms with van der Waals surface area (Å²) in [5.41, 5.74) is 2.08. The predicted molar refractivity (Wildman–Crippen MR) is 109 cm³/mol. The zero-order valence-electron chi connectivity index (χ0n) is 17.1. The summed E-state index contributed by atoms with van der Waals surface area (Å²) < 4.78 is 32.9. The number of sulfonamides is 1. The summed E-state index contributed by atoms with van der Waals surface area (Å²) in [6.07, 6.45) is 1.36. The van der Waals surface area contributed by atoms with Gasteiger partial charge in [0.05, 0.1) is 0 Å². The summed E-state index contributed by atoms with van der Waals surface area (Å²) in [5, 5.41) is 2.70. The van der Waals surface area contributed by atoms with Crippen molar-refractivity contribution in [1.82, 2.24) is 14.2 Å². The molecule has 1 amide bonds. The highest BCUT2D eigenvalue weighted by atomic mass is 32.2. The van der Waals surface area contributed by atoms with Gasteiger partial charge < -0.3 is 14.6 Å². The Balaban J connectivity index is 1.98. The van der Waals surface area contributed by atoms with Gasteiger partial charge in [-0.15, -0.1) is 0 Å². The van der Waals surface area contributed by atoms with E-state index in [1.165, 1.54) is 21.1 Å². The van der Waals surface area contributed by atoms with Crippen molar-refractivity contribution in [3.63, 3.8) is 0 Å². The number of carbonyl (C=O) groups is 2. The van der Waals surface area contributed by atoms with E-state index in [-0.39, 0.29) is 10.6 Å². The maximum absolute atomic E-state index is 12.6. The van der Waals surface area contributed by atoms with Crippen molar-refractivity contribution in [1.29, 1.82) is 0 Å². The van der Waals surface area contributed by atoms with Crippen molar-refractivity contribution in [3.05, 3.63) is 53.3 Å². The van der Waals surface area contributed by atoms with Gasteiger partial charge >= 0.3 is 5.97 Å². The van der Waals surface area contributed by atoms with Crippen molar-refractivity contribution in [2.75, 3.05) is 19.7 Å². The third kappa shape index (κ3) is 5.45. The minimum atomic E-state index is -3.69. The molecule has 0 bridgehead atoms. The Labute approximate surface area is 171 Å². The number of aromatic nitrogens is 1. The molecule has 0 aliphatic rings. The minimum absolute atomic E-state index is 0.0136. The Morgan fingerprint density at radius 3 is 2.45 bits per heavy atom. The smallest absolute Gasteiger partial charge is 0.355 e. The Morgan fingerprint density at radius 1 is 1.17 bits per heavy atom. The number of carbonyl (C=O) groups excluding carboxylic acids is 2. The number of rotatable bonds is 9. The van der Waals surface area contributed by atoms with Gasteiger partial charge in [0.15, 0.2) is 6.61 Å². The van der Waals surface area contributed by atoms with Crippen LogP contribution in [0.25, 0.3) is 0 Å². The first-order valence-corrected chi connectivity index (χ1v) is 10.8. The van der Waals surface area contributed by atoms with Gasteiger partial charge in [-0.25, -0.2) is 13.2 Å². The monoisotopic (exact) mass is 421 g/mol. The van der Waals surface area contributed by atoms with E-state index in [1.54, 1.807) is 20.9 Å². The number of amides is 1. The molecule has 1 N–H and O–H groups in total. The van der Waals surface area contributed by atoms with Gasteiger partial charge in [-0.1, -0.05) is 38.1 Å². The number of esters is 1. The summed E-state index contributed by atoms with van der Waals surface area (Å²) in [6.45, 7) is 5.97. The van der Waals surface area contributed by atoms with Crippen LogP contribution in [-0.2, 0) is 33.1 Å². The average molecular weight is 422 g/mol. The first-order valence-electron chi connectivity index (χ1n) is 9.35. The molecule has 158 valence electrons. The number of ether oxygens (including phenoxy) is 1. The molecule has 2 rings (SSSR count). The van der Waals surface area contributed by atoms with Crippen LogP contribution in [0.4, 0.5) is 0 Å². The van der Waals surface area contributed by atoms with Crippen molar-refractivity contribution in [3.8, 4) is 0 Å². The van der Waals surface area contributed by atoms with Crippen LogP contribution in [0.3, 0.4) is 0 Å². The second-order valence-electron chi connectivity index (χ2n) is 6.54. The Bertz CT molecular complexity index is 978. The van der Waals surface area contributed by atoms with E-state index in [4.69, 9.17) is 4.74 Å². The van der Waals surface area contributed by atoms with Gasteiger partial charge in [-0.05, 0) is 24.1 Å². The maximum atomic E-state index is 12.6. The standard InChI is InChI=1S/C20H27N3O5S/c1-5-23(6-2)29(26,27)17-11-18(22(4)13-17)20(25)28-14-19(24)21-12-16-10-8-7-9-15(16)3/h7-11,13H,5-6,12,14H2,1-4H3,(H,21,24). The molecule has 0 saturated carbocycles. The van der Waals surface area contributed by atoms with E-state index in [9.17, 15) is 18.0 Å². The van der Waals surface area contributed by atoms with Crippen LogP contribution in [0.5, 0.6) is 0 Å². The molecule has 1 aromatic carbocycles. The second-order valence-corrected chi connectivity index (χ2v) is 8.48. The normalized spacial score (nSPS) is 11.5. The van der Waals surface area contributed by atoms with Crippen LogP contribution >= 0.6 is 0 Å². The average Bonchev–Trinajstić information content (AvgIpc) is 3.09. The summed E-state index contributed by atoms with van der Waals surface area (Å²) in [4.78, 5) is 24.3. The van der Waals surface area contributed by atoms with Gasteiger partial charge in [0, 0.05) is 32.9 Å². The van der Waals surface area contributed by atoms with E-state index < -0.39 is 28.5 Å². The van der Waals surface area contributed by atoms with Crippen LogP contribution < -0.4 is 5.32 Å². The summed E-state index contributed by atoms with van der Waals surface area (Å²) >= 11 is 0. The van der Waals surface area contributed by atoms with Crippen LogP contribution in [-0.4, -0.2) is 48.9 Å². The number of hydrogen-bond donors (Lipinski definition) is 1. The summed E-state index contributed by atoms with van der Waals surface area (Å²) in [5.74, 6) is -1.20. The molecule has 2 aromatic rings. The van der Waals surface area contributed by atoms with Gasteiger partial charge in [-0.2, -0.15) is 4.31 Å². The summed E-state index contributed by atoms with van der Waals surface area (Å²) in [6, 6.07) is 8.91. The van der Waals surface area contributed by atoms with E-state index in [2.05, 4.69) is 5.32 Å². The molecule has 0 saturated heterocycles. The van der Waals surface area contributed by atoms with Crippen molar-refractivity contribution in [2.24, 2.45) is 7.05 Å². The highest BCUT2D eigenvalue weighted by Crippen LogP contribution is 2.19. The SMILES string of the molecule is CCN(CC)S(=O)(=O)c1cc(C(=O)OCC(=O)NCc2ccccc2C)n(C)c1. The van der Waals surface area contributed by atoms with E-state index in [1.807, 2.05) is 31.2 Å². The number of hydrogen-bond acceptors (Lipinski definition) is 5. The fourth-order valence-corrected chi connectivity index (χ4v) is 4.38. The molecule has 0 fully saturated rings. The fourth-order valence-electron chi connectivity index (χ4n) is 2.85. The van der Waals surface area contributed by atoms with E-state index in [0.29, 0.717) is 19.6 Å². The molecule has 29 heavy (non-hydrogen) atoms. The largest absolute Gasteiger partial charge is 0.451 e. The van der Waals surface area contributed by atoms with E-state index in [0.717, 1.165) is 11.1 Å². The van der Waals surface area contributed by atoms with Crippen LogP contribution in [0, 0.1) is 6.92 Å². The highest BCUT2D eigenvalue weighted by Gasteiger charge is 2.26. The minimum Gasteiger partial charge on any atom is -0.451 e. The lowest BCUT2D eigenvalue weighted by Crippen LogP contribution is -2.30. The molecule has 9 heteroatoms. The van der Waals surface area contributed by atoms with Crippen LogP contribution in [0.2, 0.25) is 0 Å². The Morgan fingerprint density at radius 2 is 1.83 bits per heavy atom. The number of aryl methyl sites for hydroxylation is 2. The molecular weight excluding hydrogens is 394 g/mol. The zero-order chi connectivity index (χ0) is 21.6. The molecule has 0 spiro atoms. The molecule has 1 heterocycles. The maximum Gasteiger partial charge on any atom is 0.355 e. The zero-order valence-corrected chi connectivity index (χ0v) is 18.0. The molecular formula is C20H27N3O5S. The highest BCUT2D eigenvalue weighted by molar-refractivity contribution is 7.89. The van der Waals surface area contributed by atoms with Crippen molar-refractivity contribution < 1.29 is 22.7 Å². The third-order valence-electron chi connectivity index (χ3n) is 4.60. The molecule has 0 atom stereocenters. The number of benzene rings is 1. The lowest BCUT2D eigenvalue weighted by atomic mass is 10.1. The molecule has 0 radical (unpaired) electrons. The topological polar surface area (TPSA) is 97.7 Å². The second kappa shape index (κ2) is 9.71. The van der Waals surface area contributed by atoms with Gasteiger partial charge in [-0.3, -0.25) is 4.79 Å². The number of nitrogens with zero attached hydrogens (tertiary/aromatic N) is 2. The van der Waals surface area contributed by atoms with Crippen LogP contribution in [0.15, 0.2) is 41.4 Å². The van der Waals surface area contributed by atoms with E-state index >= 15 is 0 Å². The van der Waals surface area contributed by atoms with Gasteiger partial charge in [0.1, 0.15) is 10.6 Å². The van der Waals surface area contributed by atoms with Gasteiger partial charge in [0.2, 0.25) is 10.0 Å². The van der Waals surface area contributed by atoms with Crippen molar-refractivity contribution in [2.45, 2.75) is 32.2 Å². The first kappa shape index (κ1) is 22.6. The number of nitrogens with one attached hydrogen (secondary N) is 1. The van der Waals surface area contributed by atoms with Gasteiger partial charge in [0.25, 0.3) is 5.91 Å². The summed E-state index contributed by atoms with van der Waals surface area (Å²) in [7, 11) is -2.13. The lowest BCUT2D eigenvalue weighted by molar-refractivity contribution is -0.124. The Hall–Kier alpha value is -2.65. The third-order valence-corrected chi connectivity index (χ3v) is 6.62. The lowest BCUT2D eigenvalue weighted by Gasteiger charge is -2.17. The quantitative estimate of drug-likeness (QED) is 0.623. The molecule has 0 aliphatic heterocycles. The fraction of sp³-hybridized carbons (Fsp3) is 0.400. The molecule has 0 aliphatic carbocycles. The van der Waals surface area contributed by atoms with Crippen molar-refractivity contribution >= 4 is 21.9 Å². The molecule has 1 aromatic heterocycles. The first-order chi connectivity index (χ1) is 13.7.